The number of hydrogen-bond acceptors (Lipinski definition) is 3. The van der Waals surface area contributed by atoms with Crippen molar-refractivity contribution in [2.75, 3.05) is 32.7 Å². The van der Waals surface area contributed by atoms with Crippen LogP contribution in [0.1, 0.15) is 25.7 Å². The molecule has 1 unspecified atom stereocenters. The van der Waals surface area contributed by atoms with Crippen molar-refractivity contribution >= 4 is 5.91 Å². The van der Waals surface area contributed by atoms with Gasteiger partial charge in [-0.25, -0.2) is 0 Å². The van der Waals surface area contributed by atoms with Gasteiger partial charge >= 0.3 is 0 Å². The third-order valence-corrected chi connectivity index (χ3v) is 3.26. The topological polar surface area (TPSA) is 44.4 Å². The van der Waals surface area contributed by atoms with Crippen molar-refractivity contribution in [2.45, 2.75) is 31.7 Å². The molecular weight excluding hydrogens is 190 g/mol. The lowest BCUT2D eigenvalue weighted by atomic mass is 10.2. The largest absolute Gasteiger partial charge is 0.341 e. The van der Waals surface area contributed by atoms with Gasteiger partial charge in [-0.05, 0) is 12.8 Å². The van der Waals surface area contributed by atoms with Crippen LogP contribution in [0.25, 0.3) is 0 Å². The van der Waals surface area contributed by atoms with Gasteiger partial charge in [0, 0.05) is 32.7 Å². The standard InChI is InChI=1S/C11H21N3O/c15-11(10-9-12-5-6-13-10)14-7-3-1-2-4-8-14/h10,12-13H,1-9H2. The van der Waals surface area contributed by atoms with Crippen molar-refractivity contribution < 1.29 is 4.79 Å². The van der Waals surface area contributed by atoms with Crippen molar-refractivity contribution in [3.05, 3.63) is 0 Å². The molecular formula is C11H21N3O. The average Bonchev–Trinajstić information content (AvgIpc) is 2.58. The molecule has 0 aromatic carbocycles. The number of nitrogens with one attached hydrogen (secondary N) is 2. The highest BCUT2D eigenvalue weighted by molar-refractivity contribution is 5.82. The summed E-state index contributed by atoms with van der Waals surface area (Å²) in [4.78, 5) is 14.2. The summed E-state index contributed by atoms with van der Waals surface area (Å²) in [6.07, 6.45) is 4.90. The van der Waals surface area contributed by atoms with Gasteiger partial charge in [-0.1, -0.05) is 12.8 Å². The molecule has 4 nitrogen and oxygen atoms in total. The molecule has 2 heterocycles. The predicted octanol–water partition coefficient (Wildman–Crippen LogP) is -0.0496. The Morgan fingerprint density at radius 1 is 1.07 bits per heavy atom. The Morgan fingerprint density at radius 3 is 2.40 bits per heavy atom. The molecule has 86 valence electrons. The number of amides is 1. The quantitative estimate of drug-likeness (QED) is 0.639. The smallest absolute Gasteiger partial charge is 0.241 e. The van der Waals surface area contributed by atoms with Crippen molar-refractivity contribution in [1.29, 1.82) is 0 Å². The molecule has 0 aromatic rings. The van der Waals surface area contributed by atoms with Gasteiger partial charge in [-0.15, -0.1) is 0 Å². The van der Waals surface area contributed by atoms with Gasteiger partial charge in [0.2, 0.25) is 5.91 Å². The molecule has 1 amide bonds. The molecule has 15 heavy (non-hydrogen) atoms. The van der Waals surface area contributed by atoms with E-state index in [1.165, 1.54) is 25.7 Å². The SMILES string of the molecule is O=C(C1CNCCN1)N1CCCCCC1. The number of hydrogen-bond donors (Lipinski definition) is 2. The third-order valence-electron chi connectivity index (χ3n) is 3.26. The first-order valence-electron chi connectivity index (χ1n) is 6.11. The Hall–Kier alpha value is -0.610. The monoisotopic (exact) mass is 211 g/mol. The van der Waals surface area contributed by atoms with Crippen LogP contribution < -0.4 is 10.6 Å². The molecule has 2 aliphatic rings. The Balaban J connectivity index is 1.87. The second kappa shape index (κ2) is 5.47. The van der Waals surface area contributed by atoms with E-state index in [1.807, 2.05) is 4.90 Å². The maximum Gasteiger partial charge on any atom is 0.241 e. The van der Waals surface area contributed by atoms with Gasteiger partial charge in [0.25, 0.3) is 0 Å². The van der Waals surface area contributed by atoms with Gasteiger partial charge in [0.15, 0.2) is 0 Å². The number of nitrogens with zero attached hydrogens (tertiary/aromatic N) is 1. The van der Waals surface area contributed by atoms with E-state index < -0.39 is 0 Å². The summed E-state index contributed by atoms with van der Waals surface area (Å²) in [6.45, 7) is 4.58. The number of rotatable bonds is 1. The Bertz CT molecular complexity index is 206. The van der Waals surface area contributed by atoms with Crippen LogP contribution in [0.3, 0.4) is 0 Å². The zero-order valence-electron chi connectivity index (χ0n) is 9.30. The Kier molecular flexibility index (Phi) is 3.97. The molecule has 2 rings (SSSR count). The van der Waals surface area contributed by atoms with Gasteiger partial charge in [-0.2, -0.15) is 0 Å². The van der Waals surface area contributed by atoms with Crippen molar-refractivity contribution in [1.82, 2.24) is 15.5 Å². The summed E-state index contributed by atoms with van der Waals surface area (Å²) in [6, 6.07) is 0.0110. The summed E-state index contributed by atoms with van der Waals surface area (Å²) >= 11 is 0. The van der Waals surface area contributed by atoms with Crippen LogP contribution >= 0.6 is 0 Å². The van der Waals surface area contributed by atoms with Gasteiger partial charge in [-0.3, -0.25) is 4.79 Å². The summed E-state index contributed by atoms with van der Waals surface area (Å²) in [5, 5.41) is 6.54. The van der Waals surface area contributed by atoms with Crippen molar-refractivity contribution in [2.24, 2.45) is 0 Å². The molecule has 0 aliphatic carbocycles. The maximum atomic E-state index is 12.1. The third kappa shape index (κ3) is 2.92. The number of carbonyl (C=O) groups excluding carboxylic acids is 1. The number of likely N-dealkylation sites (tertiary alicyclic amines) is 1. The van der Waals surface area contributed by atoms with Crippen molar-refractivity contribution in [3.63, 3.8) is 0 Å². The normalized spacial score (nSPS) is 28.5. The second-order valence-corrected chi connectivity index (χ2v) is 4.45. The fraction of sp³-hybridized carbons (Fsp3) is 0.909. The van der Waals surface area contributed by atoms with Gasteiger partial charge in [0.05, 0.1) is 6.04 Å². The van der Waals surface area contributed by atoms with E-state index in [0.717, 1.165) is 32.7 Å². The van der Waals surface area contributed by atoms with Crippen LogP contribution in [0, 0.1) is 0 Å². The second-order valence-electron chi connectivity index (χ2n) is 4.45. The van der Waals surface area contributed by atoms with Gasteiger partial charge in [0.1, 0.15) is 0 Å². The molecule has 0 aromatic heterocycles. The minimum Gasteiger partial charge on any atom is -0.341 e. The molecule has 0 spiro atoms. The molecule has 2 aliphatic heterocycles. The van der Waals surface area contributed by atoms with E-state index in [9.17, 15) is 4.79 Å². The molecule has 2 fully saturated rings. The van der Waals surface area contributed by atoms with Crippen LogP contribution in [0.15, 0.2) is 0 Å². The minimum atomic E-state index is 0.0110. The highest BCUT2D eigenvalue weighted by atomic mass is 16.2. The highest BCUT2D eigenvalue weighted by Gasteiger charge is 2.25. The minimum absolute atomic E-state index is 0.0110. The lowest BCUT2D eigenvalue weighted by molar-refractivity contribution is -0.133. The first kappa shape index (κ1) is 10.9. The summed E-state index contributed by atoms with van der Waals surface area (Å²) in [7, 11) is 0. The van der Waals surface area contributed by atoms with Crippen LogP contribution in [-0.4, -0.2) is 49.6 Å². The van der Waals surface area contributed by atoms with E-state index in [2.05, 4.69) is 10.6 Å². The summed E-state index contributed by atoms with van der Waals surface area (Å²) < 4.78 is 0. The first-order chi connectivity index (χ1) is 7.38. The van der Waals surface area contributed by atoms with Gasteiger partial charge < -0.3 is 15.5 Å². The predicted molar refractivity (Wildman–Crippen MR) is 59.7 cm³/mol. The fourth-order valence-corrected chi connectivity index (χ4v) is 2.34. The highest BCUT2D eigenvalue weighted by Crippen LogP contribution is 2.10. The van der Waals surface area contributed by atoms with Crippen LogP contribution in [0.5, 0.6) is 0 Å². The molecule has 0 saturated carbocycles. The zero-order chi connectivity index (χ0) is 10.5. The van der Waals surface area contributed by atoms with Crippen LogP contribution in [0.4, 0.5) is 0 Å². The summed E-state index contributed by atoms with van der Waals surface area (Å²) in [5.74, 6) is 0.295. The molecule has 1 atom stereocenters. The number of piperazine rings is 1. The fourth-order valence-electron chi connectivity index (χ4n) is 2.34. The van der Waals surface area contributed by atoms with E-state index in [4.69, 9.17) is 0 Å². The van der Waals surface area contributed by atoms with E-state index in [-0.39, 0.29) is 6.04 Å². The molecule has 2 saturated heterocycles. The van der Waals surface area contributed by atoms with E-state index in [0.29, 0.717) is 5.91 Å². The Morgan fingerprint density at radius 2 is 1.80 bits per heavy atom. The lowest BCUT2D eigenvalue weighted by Gasteiger charge is -2.29. The lowest BCUT2D eigenvalue weighted by Crippen LogP contribution is -2.56. The van der Waals surface area contributed by atoms with Crippen LogP contribution in [0.2, 0.25) is 0 Å². The van der Waals surface area contributed by atoms with E-state index >= 15 is 0 Å². The van der Waals surface area contributed by atoms with Crippen LogP contribution in [-0.2, 0) is 4.79 Å². The molecule has 0 bridgehead atoms. The Labute approximate surface area is 91.4 Å². The van der Waals surface area contributed by atoms with Crippen molar-refractivity contribution in [3.8, 4) is 0 Å². The summed E-state index contributed by atoms with van der Waals surface area (Å²) in [5.41, 5.74) is 0. The molecule has 2 N–H and O–H groups in total. The van der Waals surface area contributed by atoms with E-state index in [1.54, 1.807) is 0 Å². The zero-order valence-corrected chi connectivity index (χ0v) is 9.30. The molecule has 0 radical (unpaired) electrons. The number of carbonyl (C=O) groups is 1. The average molecular weight is 211 g/mol. The molecule has 4 heteroatoms. The first-order valence-corrected chi connectivity index (χ1v) is 6.11. The maximum absolute atomic E-state index is 12.1.